The fourth-order valence-corrected chi connectivity index (χ4v) is 2.88. The summed E-state index contributed by atoms with van der Waals surface area (Å²) in [5.74, 6) is 0.585. The normalized spacial score (nSPS) is 16.4. The van der Waals surface area contributed by atoms with Crippen LogP contribution in [0.2, 0.25) is 0 Å². The number of hydrogen-bond donors (Lipinski definition) is 2. The predicted molar refractivity (Wildman–Crippen MR) is 105 cm³/mol. The molecule has 0 radical (unpaired) electrons. The van der Waals surface area contributed by atoms with Gasteiger partial charge in [-0.2, -0.15) is 0 Å². The molecule has 1 aliphatic rings. The van der Waals surface area contributed by atoms with Crippen molar-refractivity contribution >= 4 is 29.9 Å². The number of hydrogen-bond acceptors (Lipinski definition) is 2. The second-order valence-corrected chi connectivity index (χ2v) is 6.19. The van der Waals surface area contributed by atoms with E-state index in [9.17, 15) is 0 Å². The molecule has 22 heavy (non-hydrogen) atoms. The van der Waals surface area contributed by atoms with Gasteiger partial charge in [-0.1, -0.05) is 43.5 Å². The summed E-state index contributed by atoms with van der Waals surface area (Å²) in [6.45, 7) is 1.58. The summed E-state index contributed by atoms with van der Waals surface area (Å²) in [5, 5.41) is 3.37. The van der Waals surface area contributed by atoms with Crippen molar-refractivity contribution in [1.29, 1.82) is 0 Å². The van der Waals surface area contributed by atoms with Gasteiger partial charge >= 0.3 is 0 Å². The maximum atomic E-state index is 6.03. The number of nitrogens with two attached hydrogens (primary N) is 1. The summed E-state index contributed by atoms with van der Waals surface area (Å²) in [7, 11) is 4.16. The molecular formula is C17H29IN4. The highest BCUT2D eigenvalue weighted by Crippen LogP contribution is 2.17. The summed E-state index contributed by atoms with van der Waals surface area (Å²) in [6.07, 6.45) is 6.39. The predicted octanol–water partition coefficient (Wildman–Crippen LogP) is 3.10. The quantitative estimate of drug-likeness (QED) is 0.441. The van der Waals surface area contributed by atoms with Crippen molar-refractivity contribution in [1.82, 2.24) is 10.2 Å². The van der Waals surface area contributed by atoms with Gasteiger partial charge in [0.1, 0.15) is 0 Å². The average molecular weight is 416 g/mol. The molecule has 0 heterocycles. The maximum absolute atomic E-state index is 6.03. The Hall–Kier alpha value is -0.820. The highest BCUT2D eigenvalue weighted by molar-refractivity contribution is 14.0. The van der Waals surface area contributed by atoms with Crippen LogP contribution in [0, 0.1) is 0 Å². The van der Waals surface area contributed by atoms with Gasteiger partial charge in [0.2, 0.25) is 0 Å². The third kappa shape index (κ3) is 6.52. The first-order valence-electron chi connectivity index (χ1n) is 7.93. The van der Waals surface area contributed by atoms with Gasteiger partial charge in [-0.3, -0.25) is 0 Å². The number of rotatable bonds is 5. The number of aliphatic imine (C=N–C) groups is 1. The lowest BCUT2D eigenvalue weighted by Gasteiger charge is -2.23. The average Bonchev–Trinajstić information content (AvgIpc) is 2.47. The Bertz CT molecular complexity index is 467. The van der Waals surface area contributed by atoms with Crippen LogP contribution in [-0.2, 0) is 13.1 Å². The van der Waals surface area contributed by atoms with Crippen molar-refractivity contribution in [2.75, 3.05) is 14.1 Å². The molecule has 1 saturated carbocycles. The van der Waals surface area contributed by atoms with E-state index < -0.39 is 0 Å². The van der Waals surface area contributed by atoms with E-state index >= 15 is 0 Å². The van der Waals surface area contributed by atoms with Crippen LogP contribution in [-0.4, -0.2) is 31.0 Å². The number of halogens is 1. The first-order chi connectivity index (χ1) is 10.1. The second-order valence-electron chi connectivity index (χ2n) is 6.19. The van der Waals surface area contributed by atoms with Crippen molar-refractivity contribution < 1.29 is 0 Å². The van der Waals surface area contributed by atoms with Crippen molar-refractivity contribution in [3.63, 3.8) is 0 Å². The smallest absolute Gasteiger partial charge is 0.189 e. The van der Waals surface area contributed by atoms with E-state index in [1.165, 1.54) is 43.2 Å². The van der Waals surface area contributed by atoms with E-state index in [1.54, 1.807) is 0 Å². The molecule has 3 N–H and O–H groups in total. The second kappa shape index (κ2) is 10.0. The molecule has 0 aliphatic heterocycles. The van der Waals surface area contributed by atoms with Crippen molar-refractivity contribution in [3.05, 3.63) is 35.4 Å². The van der Waals surface area contributed by atoms with E-state index in [-0.39, 0.29) is 24.0 Å². The Kier molecular flexibility index (Phi) is 8.78. The van der Waals surface area contributed by atoms with Gasteiger partial charge in [0, 0.05) is 12.6 Å². The first kappa shape index (κ1) is 19.2. The van der Waals surface area contributed by atoms with Gasteiger partial charge < -0.3 is 16.0 Å². The summed E-state index contributed by atoms with van der Waals surface area (Å²) < 4.78 is 0. The Morgan fingerprint density at radius 3 is 2.45 bits per heavy atom. The zero-order chi connectivity index (χ0) is 15.1. The minimum atomic E-state index is 0. The molecule has 1 aromatic carbocycles. The molecule has 0 atom stereocenters. The van der Waals surface area contributed by atoms with Crippen molar-refractivity contribution in [3.8, 4) is 0 Å². The summed E-state index contributed by atoms with van der Waals surface area (Å²) in [5.41, 5.74) is 8.60. The van der Waals surface area contributed by atoms with Crippen LogP contribution in [0.4, 0.5) is 0 Å². The molecule has 0 bridgehead atoms. The fourth-order valence-electron chi connectivity index (χ4n) is 2.88. The van der Waals surface area contributed by atoms with Gasteiger partial charge in [0.15, 0.2) is 5.96 Å². The molecular weight excluding hydrogens is 387 g/mol. The molecule has 1 aromatic rings. The van der Waals surface area contributed by atoms with Gasteiger partial charge in [-0.05, 0) is 38.1 Å². The minimum Gasteiger partial charge on any atom is -0.370 e. The first-order valence-corrected chi connectivity index (χ1v) is 7.93. The lowest BCUT2D eigenvalue weighted by Crippen LogP contribution is -2.41. The van der Waals surface area contributed by atoms with Crippen LogP contribution >= 0.6 is 24.0 Å². The lowest BCUT2D eigenvalue weighted by molar-refractivity contribution is 0.401. The van der Waals surface area contributed by atoms with E-state index in [2.05, 4.69) is 53.6 Å². The monoisotopic (exact) mass is 416 g/mol. The Balaban J connectivity index is 0.00000242. The lowest BCUT2D eigenvalue weighted by atomic mass is 9.96. The number of nitrogens with zero attached hydrogens (tertiary/aromatic N) is 2. The number of nitrogens with one attached hydrogen (secondary N) is 1. The minimum absolute atomic E-state index is 0. The zero-order valence-corrected chi connectivity index (χ0v) is 16.0. The Morgan fingerprint density at radius 2 is 1.82 bits per heavy atom. The van der Waals surface area contributed by atoms with E-state index in [0.717, 1.165) is 6.54 Å². The Morgan fingerprint density at radius 1 is 1.18 bits per heavy atom. The third-order valence-corrected chi connectivity index (χ3v) is 3.98. The fraction of sp³-hybridized carbons (Fsp3) is 0.588. The Labute approximate surface area is 151 Å². The molecule has 1 aliphatic carbocycles. The molecule has 1 fully saturated rings. The molecule has 5 heteroatoms. The number of benzene rings is 1. The highest BCUT2D eigenvalue weighted by Gasteiger charge is 2.13. The van der Waals surface area contributed by atoms with Crippen molar-refractivity contribution in [2.45, 2.75) is 51.2 Å². The molecule has 4 nitrogen and oxygen atoms in total. The topological polar surface area (TPSA) is 53.6 Å². The molecule has 2 rings (SSSR count). The van der Waals surface area contributed by atoms with E-state index in [1.807, 2.05) is 0 Å². The van der Waals surface area contributed by atoms with Gasteiger partial charge in [-0.15, -0.1) is 24.0 Å². The van der Waals surface area contributed by atoms with Gasteiger partial charge in [0.05, 0.1) is 6.54 Å². The van der Waals surface area contributed by atoms with E-state index in [0.29, 0.717) is 18.5 Å². The molecule has 0 saturated heterocycles. The van der Waals surface area contributed by atoms with Crippen LogP contribution in [0.5, 0.6) is 0 Å². The van der Waals surface area contributed by atoms with Crippen molar-refractivity contribution in [2.24, 2.45) is 10.7 Å². The SMILES string of the molecule is CN(C)Cc1ccccc1CN=C(N)NC1CCCCC1.I. The van der Waals surface area contributed by atoms with Crippen LogP contribution in [0.15, 0.2) is 29.3 Å². The van der Waals surface area contributed by atoms with Crippen LogP contribution < -0.4 is 11.1 Å². The molecule has 0 unspecified atom stereocenters. The van der Waals surface area contributed by atoms with Gasteiger partial charge in [-0.25, -0.2) is 4.99 Å². The standard InChI is InChI=1S/C17H28N4.HI/c1-21(2)13-15-9-7-6-8-14(15)12-19-17(18)20-16-10-4-3-5-11-16;/h6-9,16H,3-5,10-13H2,1-2H3,(H3,18,19,20);1H. The highest BCUT2D eigenvalue weighted by atomic mass is 127. The molecule has 0 aromatic heterocycles. The molecule has 0 amide bonds. The maximum Gasteiger partial charge on any atom is 0.189 e. The van der Waals surface area contributed by atoms with Crippen LogP contribution in [0.3, 0.4) is 0 Å². The summed E-state index contributed by atoms with van der Waals surface area (Å²) >= 11 is 0. The molecule has 124 valence electrons. The zero-order valence-electron chi connectivity index (χ0n) is 13.7. The van der Waals surface area contributed by atoms with Gasteiger partial charge in [0.25, 0.3) is 0 Å². The summed E-state index contributed by atoms with van der Waals surface area (Å²) in [6, 6.07) is 8.95. The van der Waals surface area contributed by atoms with Crippen LogP contribution in [0.1, 0.15) is 43.2 Å². The van der Waals surface area contributed by atoms with E-state index in [4.69, 9.17) is 5.73 Å². The summed E-state index contributed by atoms with van der Waals surface area (Å²) in [4.78, 5) is 6.69. The van der Waals surface area contributed by atoms with Crippen LogP contribution in [0.25, 0.3) is 0 Å². The third-order valence-electron chi connectivity index (χ3n) is 3.98. The number of guanidine groups is 1. The molecule has 0 spiro atoms. The largest absolute Gasteiger partial charge is 0.370 e.